The third-order valence-corrected chi connectivity index (χ3v) is 3.11. The van der Waals surface area contributed by atoms with Gasteiger partial charge in [0.2, 0.25) is 5.91 Å². The van der Waals surface area contributed by atoms with Gasteiger partial charge in [-0.15, -0.1) is 0 Å². The Morgan fingerprint density at radius 3 is 2.70 bits per heavy atom. The fourth-order valence-electron chi connectivity index (χ4n) is 1.80. The summed E-state index contributed by atoms with van der Waals surface area (Å²) < 4.78 is 0. The average Bonchev–Trinajstić information content (AvgIpc) is 2.42. The Morgan fingerprint density at radius 1 is 1.25 bits per heavy atom. The van der Waals surface area contributed by atoms with Crippen molar-refractivity contribution < 1.29 is 4.79 Å². The molecule has 102 valence electrons. The lowest BCUT2D eigenvalue weighted by molar-refractivity contribution is -0.112. The molecule has 1 aromatic rings. The Balaban J connectivity index is 1.96. The van der Waals surface area contributed by atoms with E-state index < -0.39 is 0 Å². The van der Waals surface area contributed by atoms with E-state index in [-0.39, 0.29) is 5.91 Å². The van der Waals surface area contributed by atoms with Crippen molar-refractivity contribution in [2.24, 2.45) is 0 Å². The Kier molecular flexibility index (Phi) is 4.85. The van der Waals surface area contributed by atoms with Gasteiger partial charge in [0.1, 0.15) is 0 Å². The molecule has 1 aliphatic rings. The van der Waals surface area contributed by atoms with Gasteiger partial charge in [-0.1, -0.05) is 42.6 Å². The summed E-state index contributed by atoms with van der Waals surface area (Å²) in [4.78, 5) is 12.7. The van der Waals surface area contributed by atoms with Crippen molar-refractivity contribution >= 4 is 28.7 Å². The van der Waals surface area contributed by atoms with Crippen molar-refractivity contribution in [3.8, 4) is 0 Å². The van der Waals surface area contributed by atoms with Crippen LogP contribution in [-0.2, 0) is 4.79 Å². The molecule has 0 bridgehead atoms. The van der Waals surface area contributed by atoms with Gasteiger partial charge in [0, 0.05) is 28.7 Å². The zero-order valence-corrected chi connectivity index (χ0v) is 12.0. The van der Waals surface area contributed by atoms with Crippen molar-refractivity contribution in [1.82, 2.24) is 5.32 Å². The first-order valence-corrected chi connectivity index (χ1v) is 6.77. The van der Waals surface area contributed by atoms with Crippen LogP contribution in [0.25, 0.3) is 0 Å². The molecule has 0 radical (unpaired) electrons. The number of benzene rings is 1. The molecule has 0 unspecified atom stereocenters. The van der Waals surface area contributed by atoms with Crippen LogP contribution in [0.2, 0.25) is 0 Å². The van der Waals surface area contributed by atoms with Gasteiger partial charge in [0.05, 0.1) is 5.70 Å². The summed E-state index contributed by atoms with van der Waals surface area (Å²) in [7, 11) is 0. The molecule has 0 aromatic heterocycles. The lowest BCUT2D eigenvalue weighted by Crippen LogP contribution is -2.20. The summed E-state index contributed by atoms with van der Waals surface area (Å²) in [5.74, 6) is -0.168. The molecule has 0 atom stereocenters. The fraction of sp³-hybridized carbons (Fsp3) is 0.125. The molecule has 1 amide bonds. The van der Waals surface area contributed by atoms with Gasteiger partial charge in [0.25, 0.3) is 0 Å². The first-order chi connectivity index (χ1) is 9.65. The maximum Gasteiger partial charge on any atom is 0.250 e. The Bertz CT molecular complexity index is 600. The molecule has 3 nitrogen and oxygen atoms in total. The summed E-state index contributed by atoms with van der Waals surface area (Å²) in [6, 6.07) is 9.35. The van der Waals surface area contributed by atoms with E-state index in [4.69, 9.17) is 12.2 Å². The number of carbonyl (C=O) groups excluding carboxylic acids is 1. The van der Waals surface area contributed by atoms with Gasteiger partial charge in [-0.3, -0.25) is 4.79 Å². The van der Waals surface area contributed by atoms with E-state index in [2.05, 4.69) is 10.6 Å². The van der Waals surface area contributed by atoms with E-state index in [0.29, 0.717) is 0 Å². The summed E-state index contributed by atoms with van der Waals surface area (Å²) in [5, 5.41) is 5.95. The van der Waals surface area contributed by atoms with Gasteiger partial charge in [-0.25, -0.2) is 0 Å². The van der Waals surface area contributed by atoms with Gasteiger partial charge < -0.3 is 10.6 Å². The second-order valence-electron chi connectivity index (χ2n) is 4.44. The van der Waals surface area contributed by atoms with E-state index in [0.717, 1.165) is 28.4 Å². The summed E-state index contributed by atoms with van der Waals surface area (Å²) >= 11 is 5.25. The average molecular weight is 284 g/mol. The molecule has 0 saturated carbocycles. The largest absolute Gasteiger partial charge is 0.358 e. The van der Waals surface area contributed by atoms with Crippen LogP contribution in [0, 0.1) is 0 Å². The van der Waals surface area contributed by atoms with Crippen LogP contribution in [0.1, 0.15) is 13.3 Å². The standard InChI is InChI=1S/C16H16N2OS/c1-12(17-14-9-5-6-10-15(14)20)11-16(19)18-13-7-3-2-4-8-13/h2-9,11,17H,10H2,1H3,(H,18,19). The highest BCUT2D eigenvalue weighted by atomic mass is 32.1. The fourth-order valence-corrected chi connectivity index (χ4v) is 2.01. The molecular weight excluding hydrogens is 268 g/mol. The van der Waals surface area contributed by atoms with Crippen LogP contribution >= 0.6 is 12.2 Å². The summed E-state index contributed by atoms with van der Waals surface area (Å²) in [6.07, 6.45) is 8.16. The number of anilines is 1. The van der Waals surface area contributed by atoms with E-state index >= 15 is 0 Å². The maximum absolute atomic E-state index is 11.9. The molecule has 0 fully saturated rings. The number of hydrogen-bond acceptors (Lipinski definition) is 3. The SMILES string of the molecule is CC(=CC(=O)Nc1ccccc1)NC1=CC=CCC1=S. The van der Waals surface area contributed by atoms with Crippen LogP contribution in [-0.4, -0.2) is 10.8 Å². The van der Waals surface area contributed by atoms with Crippen LogP contribution in [0.5, 0.6) is 0 Å². The van der Waals surface area contributed by atoms with Crippen LogP contribution in [0.4, 0.5) is 5.69 Å². The predicted molar refractivity (Wildman–Crippen MR) is 86.4 cm³/mol. The summed E-state index contributed by atoms with van der Waals surface area (Å²) in [6.45, 7) is 1.84. The number of carbonyl (C=O) groups is 1. The van der Waals surface area contributed by atoms with Crippen molar-refractivity contribution in [3.05, 3.63) is 66.0 Å². The van der Waals surface area contributed by atoms with E-state index in [1.165, 1.54) is 6.08 Å². The minimum atomic E-state index is -0.168. The minimum Gasteiger partial charge on any atom is -0.358 e. The number of rotatable bonds is 4. The molecule has 1 aromatic carbocycles. The predicted octanol–water partition coefficient (Wildman–Crippen LogP) is 3.33. The molecule has 20 heavy (non-hydrogen) atoms. The molecule has 0 heterocycles. The second kappa shape index (κ2) is 6.82. The zero-order valence-electron chi connectivity index (χ0n) is 11.2. The van der Waals surface area contributed by atoms with Crippen molar-refractivity contribution in [2.45, 2.75) is 13.3 Å². The normalized spacial score (nSPS) is 14.8. The highest BCUT2D eigenvalue weighted by Crippen LogP contribution is 2.09. The first-order valence-electron chi connectivity index (χ1n) is 6.36. The van der Waals surface area contributed by atoms with Crippen molar-refractivity contribution in [3.63, 3.8) is 0 Å². The molecule has 0 saturated heterocycles. The van der Waals surface area contributed by atoms with Crippen LogP contribution in [0.3, 0.4) is 0 Å². The quantitative estimate of drug-likeness (QED) is 0.658. The molecule has 2 N–H and O–H groups in total. The maximum atomic E-state index is 11.9. The van der Waals surface area contributed by atoms with Crippen molar-refractivity contribution in [1.29, 1.82) is 0 Å². The molecule has 1 aliphatic carbocycles. The van der Waals surface area contributed by atoms with Crippen molar-refractivity contribution in [2.75, 3.05) is 5.32 Å². The first kappa shape index (κ1) is 14.2. The summed E-state index contributed by atoms with van der Waals surface area (Å²) in [5.41, 5.74) is 2.41. The molecular formula is C16H16N2OS. The lowest BCUT2D eigenvalue weighted by atomic mass is 10.1. The Hall–Kier alpha value is -2.20. The monoisotopic (exact) mass is 284 g/mol. The van der Waals surface area contributed by atoms with Gasteiger partial charge in [-0.2, -0.15) is 0 Å². The van der Waals surface area contributed by atoms with Gasteiger partial charge in [0.15, 0.2) is 0 Å². The number of amides is 1. The van der Waals surface area contributed by atoms with Crippen LogP contribution in [0.15, 0.2) is 66.0 Å². The van der Waals surface area contributed by atoms with E-state index in [9.17, 15) is 4.79 Å². The minimum absolute atomic E-state index is 0.168. The molecule has 4 heteroatoms. The molecule has 0 spiro atoms. The Morgan fingerprint density at radius 2 is 2.00 bits per heavy atom. The van der Waals surface area contributed by atoms with E-state index in [1.807, 2.05) is 55.5 Å². The number of hydrogen-bond donors (Lipinski definition) is 2. The zero-order chi connectivity index (χ0) is 14.4. The number of allylic oxidation sites excluding steroid dienone is 5. The van der Waals surface area contributed by atoms with Gasteiger partial charge >= 0.3 is 0 Å². The number of para-hydroxylation sites is 1. The number of thiocarbonyl (C=S) groups is 1. The third-order valence-electron chi connectivity index (χ3n) is 2.72. The molecule has 2 rings (SSSR count). The Labute approximate surface area is 124 Å². The van der Waals surface area contributed by atoms with Crippen LogP contribution < -0.4 is 10.6 Å². The highest BCUT2D eigenvalue weighted by molar-refractivity contribution is 7.80. The van der Waals surface area contributed by atoms with E-state index in [1.54, 1.807) is 0 Å². The number of nitrogens with one attached hydrogen (secondary N) is 2. The third kappa shape index (κ3) is 4.17. The molecule has 0 aliphatic heterocycles. The topological polar surface area (TPSA) is 41.1 Å². The lowest BCUT2D eigenvalue weighted by Gasteiger charge is -2.13. The van der Waals surface area contributed by atoms with Gasteiger partial charge in [-0.05, 0) is 25.1 Å². The smallest absolute Gasteiger partial charge is 0.250 e. The second-order valence-corrected chi connectivity index (χ2v) is 4.94. The highest BCUT2D eigenvalue weighted by Gasteiger charge is 2.07.